The minimum Gasteiger partial charge on any atom is -0.384 e. The van der Waals surface area contributed by atoms with Crippen molar-refractivity contribution in [2.24, 2.45) is 5.73 Å². The highest BCUT2D eigenvalue weighted by atomic mass is 14.7. The van der Waals surface area contributed by atoms with Gasteiger partial charge in [0.05, 0.1) is 0 Å². The van der Waals surface area contributed by atoms with E-state index in [-0.39, 0.29) is 5.84 Å². The average molecular weight is 202 g/mol. The zero-order valence-electron chi connectivity index (χ0n) is 9.43. The molecule has 3 N–H and O–H groups in total. The van der Waals surface area contributed by atoms with Crippen LogP contribution >= 0.6 is 0 Å². The number of nitrogens with one attached hydrogen (secondary N) is 1. The van der Waals surface area contributed by atoms with Crippen LogP contribution in [0, 0.1) is 5.41 Å². The molecule has 0 aliphatic heterocycles. The van der Waals surface area contributed by atoms with Crippen molar-refractivity contribution < 1.29 is 0 Å². The molecule has 0 heterocycles. The van der Waals surface area contributed by atoms with E-state index in [1.807, 2.05) is 18.2 Å². The highest BCUT2D eigenvalue weighted by molar-refractivity contribution is 5.97. The lowest BCUT2D eigenvalue weighted by Gasteiger charge is -2.14. The zero-order valence-corrected chi connectivity index (χ0v) is 9.43. The third-order valence-corrected chi connectivity index (χ3v) is 2.68. The molecule has 15 heavy (non-hydrogen) atoms. The van der Waals surface area contributed by atoms with E-state index in [9.17, 15) is 0 Å². The van der Waals surface area contributed by atoms with Gasteiger partial charge in [-0.25, -0.2) is 0 Å². The number of amidine groups is 1. The molecule has 0 spiro atoms. The van der Waals surface area contributed by atoms with E-state index in [4.69, 9.17) is 11.1 Å². The fourth-order valence-corrected chi connectivity index (χ4v) is 1.98. The fraction of sp³-hybridized carbons (Fsp3) is 0.308. The summed E-state index contributed by atoms with van der Waals surface area (Å²) >= 11 is 0. The molecule has 0 atom stereocenters. The Hall–Kier alpha value is -1.57. The molecule has 0 saturated heterocycles. The lowest BCUT2D eigenvalue weighted by Crippen LogP contribution is -2.15. The molecule has 0 bridgehead atoms. The van der Waals surface area contributed by atoms with Gasteiger partial charge in [-0.2, -0.15) is 0 Å². The summed E-state index contributed by atoms with van der Waals surface area (Å²) in [5.74, 6) is 0.150. The summed E-state index contributed by atoms with van der Waals surface area (Å²) in [5.41, 5.74) is 10.0. The van der Waals surface area contributed by atoms with E-state index in [0.29, 0.717) is 0 Å². The zero-order chi connectivity index (χ0) is 11.4. The van der Waals surface area contributed by atoms with Crippen LogP contribution in [-0.4, -0.2) is 5.84 Å². The van der Waals surface area contributed by atoms with Gasteiger partial charge >= 0.3 is 0 Å². The molecule has 0 aromatic heterocycles. The van der Waals surface area contributed by atoms with Crippen LogP contribution in [-0.2, 0) is 12.8 Å². The number of nitrogens with two attached hydrogens (primary N) is 1. The first-order chi connectivity index (χ1) is 7.15. The summed E-state index contributed by atoms with van der Waals surface area (Å²) in [5, 5.41) is 7.53. The second-order valence-electron chi connectivity index (χ2n) is 3.48. The minimum atomic E-state index is 0.150. The molecule has 2 heteroatoms. The average Bonchev–Trinajstić information content (AvgIpc) is 2.26. The van der Waals surface area contributed by atoms with Crippen molar-refractivity contribution >= 4 is 11.9 Å². The first-order valence-electron chi connectivity index (χ1n) is 5.27. The SMILES string of the molecule is C=Cc1ccc(C(=N)N)c(CC)c1CC. The number of nitrogen functional groups attached to an aromatic ring is 1. The molecule has 0 aliphatic rings. The number of hydrogen-bond donors (Lipinski definition) is 2. The summed E-state index contributed by atoms with van der Waals surface area (Å²) in [6.45, 7) is 8.01. The highest BCUT2D eigenvalue weighted by Crippen LogP contribution is 2.21. The van der Waals surface area contributed by atoms with Crippen LogP contribution in [0.5, 0.6) is 0 Å². The van der Waals surface area contributed by atoms with Crippen LogP contribution in [0.4, 0.5) is 0 Å². The third kappa shape index (κ3) is 2.09. The molecule has 1 aromatic rings. The van der Waals surface area contributed by atoms with Gasteiger partial charge in [-0.15, -0.1) is 0 Å². The monoisotopic (exact) mass is 202 g/mol. The normalized spacial score (nSPS) is 10.0. The van der Waals surface area contributed by atoms with Gasteiger partial charge in [-0.05, 0) is 29.5 Å². The third-order valence-electron chi connectivity index (χ3n) is 2.68. The smallest absolute Gasteiger partial charge is 0.123 e. The Balaban J connectivity index is 3.47. The Morgan fingerprint density at radius 1 is 1.33 bits per heavy atom. The Bertz CT molecular complexity index is 392. The quantitative estimate of drug-likeness (QED) is 0.572. The maximum atomic E-state index is 7.53. The van der Waals surface area contributed by atoms with E-state index < -0.39 is 0 Å². The molecule has 2 nitrogen and oxygen atoms in total. The van der Waals surface area contributed by atoms with Crippen molar-refractivity contribution in [3.63, 3.8) is 0 Å². The molecule has 1 rings (SSSR count). The van der Waals surface area contributed by atoms with Crippen molar-refractivity contribution in [3.05, 3.63) is 41.0 Å². The Morgan fingerprint density at radius 2 is 1.93 bits per heavy atom. The van der Waals surface area contributed by atoms with Crippen molar-refractivity contribution in [1.29, 1.82) is 5.41 Å². The van der Waals surface area contributed by atoms with Gasteiger partial charge in [0.25, 0.3) is 0 Å². The van der Waals surface area contributed by atoms with Gasteiger partial charge in [0.15, 0.2) is 0 Å². The largest absolute Gasteiger partial charge is 0.384 e. The van der Waals surface area contributed by atoms with Gasteiger partial charge in [-0.1, -0.05) is 38.6 Å². The second-order valence-corrected chi connectivity index (χ2v) is 3.48. The lowest BCUT2D eigenvalue weighted by molar-refractivity contribution is 1.03. The Labute approximate surface area is 91.3 Å². The predicted octanol–water partition coefficient (Wildman–Crippen LogP) is 2.74. The van der Waals surface area contributed by atoms with Crippen molar-refractivity contribution in [2.45, 2.75) is 26.7 Å². The van der Waals surface area contributed by atoms with Crippen LogP contribution in [0.15, 0.2) is 18.7 Å². The molecule has 0 unspecified atom stereocenters. The topological polar surface area (TPSA) is 49.9 Å². The maximum absolute atomic E-state index is 7.53. The number of rotatable bonds is 4. The van der Waals surface area contributed by atoms with Crippen LogP contribution in [0.3, 0.4) is 0 Å². The molecule has 0 amide bonds. The molecule has 0 radical (unpaired) electrons. The van der Waals surface area contributed by atoms with E-state index >= 15 is 0 Å². The van der Waals surface area contributed by atoms with E-state index in [1.54, 1.807) is 0 Å². The summed E-state index contributed by atoms with van der Waals surface area (Å²) in [7, 11) is 0. The summed E-state index contributed by atoms with van der Waals surface area (Å²) < 4.78 is 0. The summed E-state index contributed by atoms with van der Waals surface area (Å²) in [4.78, 5) is 0. The Kier molecular flexibility index (Phi) is 3.67. The van der Waals surface area contributed by atoms with E-state index in [0.717, 1.165) is 24.0 Å². The molecule has 0 fully saturated rings. The van der Waals surface area contributed by atoms with E-state index in [2.05, 4.69) is 20.4 Å². The van der Waals surface area contributed by atoms with Crippen LogP contribution in [0.2, 0.25) is 0 Å². The molecule has 80 valence electrons. The molecule has 0 aliphatic carbocycles. The van der Waals surface area contributed by atoms with Gasteiger partial charge in [0.2, 0.25) is 0 Å². The molecular weight excluding hydrogens is 184 g/mol. The first-order valence-corrected chi connectivity index (χ1v) is 5.27. The minimum absolute atomic E-state index is 0.150. The van der Waals surface area contributed by atoms with Crippen LogP contribution < -0.4 is 5.73 Å². The molecule has 0 saturated carbocycles. The second kappa shape index (κ2) is 4.78. The fourth-order valence-electron chi connectivity index (χ4n) is 1.98. The van der Waals surface area contributed by atoms with Crippen molar-refractivity contribution in [2.75, 3.05) is 0 Å². The number of benzene rings is 1. The van der Waals surface area contributed by atoms with Gasteiger partial charge in [-0.3, -0.25) is 5.41 Å². The lowest BCUT2D eigenvalue weighted by atomic mass is 9.92. The van der Waals surface area contributed by atoms with Crippen molar-refractivity contribution in [3.8, 4) is 0 Å². The summed E-state index contributed by atoms with van der Waals surface area (Å²) in [6.07, 6.45) is 3.72. The summed E-state index contributed by atoms with van der Waals surface area (Å²) in [6, 6.07) is 3.90. The first kappa shape index (κ1) is 11.5. The molecule has 1 aromatic carbocycles. The highest BCUT2D eigenvalue weighted by Gasteiger charge is 2.10. The van der Waals surface area contributed by atoms with Crippen LogP contribution in [0.1, 0.15) is 36.1 Å². The number of hydrogen-bond acceptors (Lipinski definition) is 1. The molecular formula is C13H18N2. The standard InChI is InChI=1S/C13H18N2/c1-4-9-7-8-12(13(14)15)11(6-3)10(9)5-2/h4,7-8H,1,5-6H2,2-3H3,(H3,14,15). The predicted molar refractivity (Wildman–Crippen MR) is 66.3 cm³/mol. The van der Waals surface area contributed by atoms with Gasteiger partial charge in [0.1, 0.15) is 5.84 Å². The van der Waals surface area contributed by atoms with Crippen LogP contribution in [0.25, 0.3) is 6.08 Å². The van der Waals surface area contributed by atoms with E-state index in [1.165, 1.54) is 11.1 Å². The Morgan fingerprint density at radius 3 is 2.33 bits per heavy atom. The van der Waals surface area contributed by atoms with Gasteiger partial charge in [0, 0.05) is 5.56 Å². The maximum Gasteiger partial charge on any atom is 0.123 e. The van der Waals surface area contributed by atoms with Gasteiger partial charge < -0.3 is 5.73 Å². The van der Waals surface area contributed by atoms with Crippen molar-refractivity contribution in [1.82, 2.24) is 0 Å².